The molecule has 0 aliphatic heterocycles. The number of para-hydroxylation sites is 2. The van der Waals surface area contributed by atoms with Crippen molar-refractivity contribution in [1.82, 2.24) is 0 Å². The standard InChI is InChI=1S/C18H22N2O2.ClH/c1-14-7-6-8-15(13-14)22-12-5-4-11-18(21)20-17-10-3-2-9-16(17)19;/h2-3,6-10,13H,4-5,11-12,19H2,1H3,(H,20,21);1H. The average molecular weight is 335 g/mol. The van der Waals surface area contributed by atoms with Gasteiger partial charge in [-0.3, -0.25) is 4.79 Å². The van der Waals surface area contributed by atoms with Gasteiger partial charge in [0.25, 0.3) is 0 Å². The third kappa shape index (κ3) is 6.61. The minimum atomic E-state index is -0.0199. The SMILES string of the molecule is Cc1cccc(OCCCCC(=O)Nc2ccccc2N)c1.Cl. The van der Waals surface area contributed by atoms with Gasteiger partial charge < -0.3 is 15.8 Å². The lowest BCUT2D eigenvalue weighted by atomic mass is 10.2. The molecule has 2 aromatic carbocycles. The smallest absolute Gasteiger partial charge is 0.224 e. The molecule has 2 rings (SSSR count). The molecule has 4 nitrogen and oxygen atoms in total. The van der Waals surface area contributed by atoms with E-state index in [1.807, 2.05) is 43.3 Å². The number of nitrogens with one attached hydrogen (secondary N) is 1. The summed E-state index contributed by atoms with van der Waals surface area (Å²) in [6, 6.07) is 15.2. The lowest BCUT2D eigenvalue weighted by Crippen LogP contribution is -2.12. The number of rotatable bonds is 7. The van der Waals surface area contributed by atoms with Gasteiger partial charge in [0.2, 0.25) is 5.91 Å². The van der Waals surface area contributed by atoms with Crippen LogP contribution in [0.5, 0.6) is 5.75 Å². The normalized spacial score (nSPS) is 9.78. The van der Waals surface area contributed by atoms with Crippen LogP contribution in [0.3, 0.4) is 0 Å². The Balaban J connectivity index is 0.00000264. The molecule has 0 aliphatic carbocycles. The van der Waals surface area contributed by atoms with Crippen molar-refractivity contribution in [2.45, 2.75) is 26.2 Å². The van der Waals surface area contributed by atoms with Gasteiger partial charge in [-0.05, 0) is 49.6 Å². The topological polar surface area (TPSA) is 64.3 Å². The van der Waals surface area contributed by atoms with Crippen molar-refractivity contribution in [1.29, 1.82) is 0 Å². The molecule has 0 fully saturated rings. The molecule has 3 N–H and O–H groups in total. The van der Waals surface area contributed by atoms with Gasteiger partial charge in [0.05, 0.1) is 18.0 Å². The fourth-order valence-corrected chi connectivity index (χ4v) is 2.11. The van der Waals surface area contributed by atoms with Gasteiger partial charge in [0.15, 0.2) is 0 Å². The van der Waals surface area contributed by atoms with Gasteiger partial charge in [0.1, 0.15) is 5.75 Å². The highest BCUT2D eigenvalue weighted by Crippen LogP contribution is 2.17. The highest BCUT2D eigenvalue weighted by molar-refractivity contribution is 5.93. The summed E-state index contributed by atoms with van der Waals surface area (Å²) in [5, 5.41) is 2.82. The van der Waals surface area contributed by atoms with Crippen LogP contribution in [0.25, 0.3) is 0 Å². The molecule has 0 spiro atoms. The number of ether oxygens (including phenoxy) is 1. The average Bonchev–Trinajstić information content (AvgIpc) is 2.49. The van der Waals surface area contributed by atoms with E-state index in [-0.39, 0.29) is 18.3 Å². The summed E-state index contributed by atoms with van der Waals surface area (Å²) < 4.78 is 5.65. The van der Waals surface area contributed by atoms with Crippen LogP contribution in [-0.4, -0.2) is 12.5 Å². The number of carbonyl (C=O) groups excluding carboxylic acids is 1. The van der Waals surface area contributed by atoms with E-state index in [2.05, 4.69) is 5.32 Å². The largest absolute Gasteiger partial charge is 0.494 e. The second-order valence-electron chi connectivity index (χ2n) is 5.26. The van der Waals surface area contributed by atoms with E-state index in [1.165, 1.54) is 5.56 Å². The molecule has 2 aromatic rings. The molecular weight excluding hydrogens is 312 g/mol. The first-order chi connectivity index (χ1) is 10.6. The van der Waals surface area contributed by atoms with Crippen molar-refractivity contribution in [2.24, 2.45) is 0 Å². The van der Waals surface area contributed by atoms with Crippen LogP contribution in [-0.2, 0) is 4.79 Å². The highest BCUT2D eigenvalue weighted by atomic mass is 35.5. The second-order valence-corrected chi connectivity index (χ2v) is 5.26. The molecule has 124 valence electrons. The molecule has 5 heteroatoms. The number of unbranched alkanes of at least 4 members (excludes halogenated alkanes) is 1. The Labute approximate surface area is 143 Å². The Kier molecular flexibility index (Phi) is 7.98. The highest BCUT2D eigenvalue weighted by Gasteiger charge is 2.04. The van der Waals surface area contributed by atoms with E-state index >= 15 is 0 Å². The van der Waals surface area contributed by atoms with Crippen LogP contribution < -0.4 is 15.8 Å². The van der Waals surface area contributed by atoms with Crippen molar-refractivity contribution >= 4 is 29.7 Å². The van der Waals surface area contributed by atoms with E-state index < -0.39 is 0 Å². The Morgan fingerprint density at radius 2 is 1.91 bits per heavy atom. The zero-order valence-corrected chi connectivity index (χ0v) is 14.1. The molecule has 0 saturated carbocycles. The van der Waals surface area contributed by atoms with Crippen LogP contribution in [0.2, 0.25) is 0 Å². The monoisotopic (exact) mass is 334 g/mol. The number of nitrogen functional groups attached to an aromatic ring is 1. The van der Waals surface area contributed by atoms with E-state index in [4.69, 9.17) is 10.5 Å². The van der Waals surface area contributed by atoms with E-state index in [0.717, 1.165) is 18.6 Å². The van der Waals surface area contributed by atoms with Crippen molar-refractivity contribution in [3.05, 3.63) is 54.1 Å². The van der Waals surface area contributed by atoms with Gasteiger partial charge in [-0.15, -0.1) is 12.4 Å². The summed E-state index contributed by atoms with van der Waals surface area (Å²) in [6.07, 6.45) is 2.08. The molecular formula is C18H23ClN2O2. The van der Waals surface area contributed by atoms with Crippen LogP contribution in [0.4, 0.5) is 11.4 Å². The first-order valence-electron chi connectivity index (χ1n) is 7.49. The predicted molar refractivity (Wildman–Crippen MR) is 97.3 cm³/mol. The predicted octanol–water partition coefficient (Wildman–Crippen LogP) is 4.19. The molecule has 0 saturated heterocycles. The molecule has 0 atom stereocenters. The van der Waals surface area contributed by atoms with Gasteiger partial charge in [-0.1, -0.05) is 24.3 Å². The van der Waals surface area contributed by atoms with Gasteiger partial charge in [-0.2, -0.15) is 0 Å². The number of hydrogen-bond donors (Lipinski definition) is 2. The summed E-state index contributed by atoms with van der Waals surface area (Å²) in [4.78, 5) is 11.8. The first-order valence-corrected chi connectivity index (χ1v) is 7.49. The van der Waals surface area contributed by atoms with Crippen LogP contribution >= 0.6 is 12.4 Å². The maximum atomic E-state index is 11.8. The molecule has 0 aliphatic rings. The quantitative estimate of drug-likeness (QED) is 0.589. The maximum absolute atomic E-state index is 11.8. The van der Waals surface area contributed by atoms with Crippen LogP contribution in [0, 0.1) is 6.92 Å². The second kappa shape index (κ2) is 9.74. The Morgan fingerprint density at radius 1 is 1.13 bits per heavy atom. The number of halogens is 1. The fraction of sp³-hybridized carbons (Fsp3) is 0.278. The summed E-state index contributed by atoms with van der Waals surface area (Å²) in [5.74, 6) is 0.856. The fourth-order valence-electron chi connectivity index (χ4n) is 2.11. The lowest BCUT2D eigenvalue weighted by molar-refractivity contribution is -0.116. The third-order valence-electron chi connectivity index (χ3n) is 3.29. The van der Waals surface area contributed by atoms with E-state index in [0.29, 0.717) is 24.4 Å². The zero-order chi connectivity index (χ0) is 15.8. The number of nitrogens with two attached hydrogens (primary N) is 1. The number of aryl methyl sites for hydroxylation is 1. The van der Waals surface area contributed by atoms with Crippen LogP contribution in [0.1, 0.15) is 24.8 Å². The maximum Gasteiger partial charge on any atom is 0.224 e. The summed E-state index contributed by atoms with van der Waals surface area (Å²) in [7, 11) is 0. The number of benzene rings is 2. The molecule has 1 amide bonds. The minimum absolute atomic E-state index is 0. The third-order valence-corrected chi connectivity index (χ3v) is 3.29. The molecule has 0 aromatic heterocycles. The molecule has 0 radical (unpaired) electrons. The Hall–Kier alpha value is -2.20. The summed E-state index contributed by atoms with van der Waals surface area (Å²) >= 11 is 0. The van der Waals surface area contributed by atoms with Crippen molar-refractivity contribution in [3.63, 3.8) is 0 Å². The number of amides is 1. The van der Waals surface area contributed by atoms with Gasteiger partial charge in [0, 0.05) is 6.42 Å². The number of hydrogen-bond acceptors (Lipinski definition) is 3. The molecule has 23 heavy (non-hydrogen) atoms. The zero-order valence-electron chi connectivity index (χ0n) is 13.2. The molecule has 0 heterocycles. The van der Waals surface area contributed by atoms with Crippen LogP contribution in [0.15, 0.2) is 48.5 Å². The Bertz CT molecular complexity index is 632. The minimum Gasteiger partial charge on any atom is -0.494 e. The van der Waals surface area contributed by atoms with Crippen molar-refractivity contribution in [2.75, 3.05) is 17.7 Å². The molecule has 0 bridgehead atoms. The summed E-state index contributed by atoms with van der Waals surface area (Å²) in [5.41, 5.74) is 8.22. The van der Waals surface area contributed by atoms with E-state index in [1.54, 1.807) is 12.1 Å². The number of anilines is 2. The summed E-state index contributed by atoms with van der Waals surface area (Å²) in [6.45, 7) is 2.65. The van der Waals surface area contributed by atoms with Crippen molar-refractivity contribution < 1.29 is 9.53 Å². The van der Waals surface area contributed by atoms with E-state index in [9.17, 15) is 4.79 Å². The van der Waals surface area contributed by atoms with Gasteiger partial charge >= 0.3 is 0 Å². The number of carbonyl (C=O) groups is 1. The lowest BCUT2D eigenvalue weighted by Gasteiger charge is -2.08. The Morgan fingerprint density at radius 3 is 2.65 bits per heavy atom. The first kappa shape index (κ1) is 18.8. The molecule has 0 unspecified atom stereocenters. The van der Waals surface area contributed by atoms with Crippen molar-refractivity contribution in [3.8, 4) is 5.75 Å². The van der Waals surface area contributed by atoms with Gasteiger partial charge in [-0.25, -0.2) is 0 Å².